The van der Waals surface area contributed by atoms with E-state index in [4.69, 9.17) is 23.8 Å². The molecule has 1 aliphatic heterocycles. The summed E-state index contributed by atoms with van der Waals surface area (Å²) in [5.41, 5.74) is 1.03. The Labute approximate surface area is 172 Å². The molecule has 1 atom stereocenters. The van der Waals surface area contributed by atoms with E-state index in [1.807, 2.05) is 0 Å². The number of hydrogen-bond acceptors (Lipinski definition) is 3. The Kier molecular flexibility index (Phi) is 6.06. The fourth-order valence-corrected chi connectivity index (χ4v) is 3.45. The minimum atomic E-state index is -0.775. The number of thiocarbonyl (C=S) groups is 1. The number of anilines is 2. The van der Waals surface area contributed by atoms with Gasteiger partial charge in [-0.3, -0.25) is 14.5 Å². The standard InChI is InChI=1S/C20H17ClFN3O2S/c1-2-11-24-17(12-18(26)23-15-7-3-13(21)4-8-15)19(27)25(20(24)28)16-9-5-14(22)6-10-16/h2-10,17H,1,11-12H2,(H,23,26)/t17-/m0/s1. The van der Waals surface area contributed by atoms with Gasteiger partial charge in [-0.1, -0.05) is 17.7 Å². The molecule has 1 heterocycles. The third kappa shape index (κ3) is 4.21. The first kappa shape index (κ1) is 20.0. The molecule has 2 aromatic rings. The largest absolute Gasteiger partial charge is 0.332 e. The van der Waals surface area contributed by atoms with Crippen LogP contribution in [-0.2, 0) is 9.59 Å². The molecule has 2 aromatic carbocycles. The Morgan fingerprint density at radius 3 is 2.46 bits per heavy atom. The van der Waals surface area contributed by atoms with Gasteiger partial charge < -0.3 is 10.2 Å². The molecule has 8 heteroatoms. The highest BCUT2D eigenvalue weighted by Crippen LogP contribution is 2.27. The van der Waals surface area contributed by atoms with Gasteiger partial charge in [0.2, 0.25) is 5.91 Å². The monoisotopic (exact) mass is 417 g/mol. The van der Waals surface area contributed by atoms with Crippen molar-refractivity contribution in [2.75, 3.05) is 16.8 Å². The van der Waals surface area contributed by atoms with Crippen LogP contribution in [0.2, 0.25) is 5.02 Å². The molecule has 1 aliphatic rings. The molecule has 0 aromatic heterocycles. The molecular weight excluding hydrogens is 401 g/mol. The average Bonchev–Trinajstić information content (AvgIpc) is 2.89. The lowest BCUT2D eigenvalue weighted by atomic mass is 10.1. The Bertz CT molecular complexity index is 918. The molecule has 3 rings (SSSR count). The molecule has 5 nitrogen and oxygen atoms in total. The lowest BCUT2D eigenvalue weighted by Gasteiger charge is -2.22. The van der Waals surface area contributed by atoms with E-state index in [1.165, 1.54) is 29.2 Å². The van der Waals surface area contributed by atoms with Gasteiger partial charge in [-0.15, -0.1) is 6.58 Å². The molecule has 0 radical (unpaired) electrons. The van der Waals surface area contributed by atoms with Crippen LogP contribution >= 0.6 is 23.8 Å². The minimum Gasteiger partial charge on any atom is -0.332 e. The third-order valence-corrected chi connectivity index (χ3v) is 4.91. The lowest BCUT2D eigenvalue weighted by molar-refractivity contribution is -0.124. The van der Waals surface area contributed by atoms with Crippen LogP contribution in [-0.4, -0.2) is 34.4 Å². The fourth-order valence-electron chi connectivity index (χ4n) is 2.93. The summed E-state index contributed by atoms with van der Waals surface area (Å²) >= 11 is 11.3. The van der Waals surface area contributed by atoms with Crippen molar-refractivity contribution in [3.63, 3.8) is 0 Å². The average molecular weight is 418 g/mol. The van der Waals surface area contributed by atoms with Crippen molar-refractivity contribution in [3.8, 4) is 0 Å². The van der Waals surface area contributed by atoms with E-state index in [0.717, 1.165) is 0 Å². The molecule has 28 heavy (non-hydrogen) atoms. The molecule has 1 saturated heterocycles. The summed E-state index contributed by atoms with van der Waals surface area (Å²) in [6.07, 6.45) is 1.52. The highest BCUT2D eigenvalue weighted by atomic mass is 35.5. The first-order chi connectivity index (χ1) is 13.4. The van der Waals surface area contributed by atoms with Crippen molar-refractivity contribution in [1.82, 2.24) is 4.90 Å². The van der Waals surface area contributed by atoms with Crippen LogP contribution < -0.4 is 10.2 Å². The van der Waals surface area contributed by atoms with Gasteiger partial charge >= 0.3 is 0 Å². The molecule has 0 saturated carbocycles. The summed E-state index contributed by atoms with van der Waals surface area (Å²) < 4.78 is 13.2. The van der Waals surface area contributed by atoms with Gasteiger partial charge in [0.25, 0.3) is 5.91 Å². The van der Waals surface area contributed by atoms with Crippen LogP contribution in [0.15, 0.2) is 61.2 Å². The van der Waals surface area contributed by atoms with Gasteiger partial charge in [0.1, 0.15) is 11.9 Å². The number of nitrogens with one attached hydrogen (secondary N) is 1. The number of nitrogens with zero attached hydrogens (tertiary/aromatic N) is 2. The minimum absolute atomic E-state index is 0.0901. The number of hydrogen-bond donors (Lipinski definition) is 1. The summed E-state index contributed by atoms with van der Waals surface area (Å²) in [6, 6.07) is 11.3. The topological polar surface area (TPSA) is 52.7 Å². The van der Waals surface area contributed by atoms with Crippen molar-refractivity contribution in [1.29, 1.82) is 0 Å². The van der Waals surface area contributed by atoms with Crippen LogP contribution in [0.1, 0.15) is 6.42 Å². The highest BCUT2D eigenvalue weighted by molar-refractivity contribution is 7.80. The summed E-state index contributed by atoms with van der Waals surface area (Å²) in [4.78, 5) is 28.4. The van der Waals surface area contributed by atoms with Crippen LogP contribution in [0.5, 0.6) is 0 Å². The number of carbonyl (C=O) groups is 2. The van der Waals surface area contributed by atoms with Gasteiger partial charge in [-0.05, 0) is 60.7 Å². The molecule has 2 amide bonds. The van der Waals surface area contributed by atoms with Crippen molar-refractivity contribution in [2.45, 2.75) is 12.5 Å². The first-order valence-corrected chi connectivity index (χ1v) is 9.26. The zero-order valence-electron chi connectivity index (χ0n) is 14.8. The molecule has 0 aliphatic carbocycles. The van der Waals surface area contributed by atoms with Gasteiger partial charge in [0.15, 0.2) is 5.11 Å². The molecule has 1 fully saturated rings. The summed E-state index contributed by atoms with van der Waals surface area (Å²) in [5, 5.41) is 3.55. The second-order valence-electron chi connectivity index (χ2n) is 6.15. The number of amides is 2. The highest BCUT2D eigenvalue weighted by Gasteiger charge is 2.43. The summed E-state index contributed by atoms with van der Waals surface area (Å²) in [6.45, 7) is 4.00. The Hall–Kier alpha value is -2.77. The second kappa shape index (κ2) is 8.50. The molecule has 1 N–H and O–H groups in total. The van der Waals surface area contributed by atoms with Crippen LogP contribution in [0.3, 0.4) is 0 Å². The number of carbonyl (C=O) groups excluding carboxylic acids is 2. The molecular formula is C20H17ClFN3O2S. The predicted molar refractivity (Wildman–Crippen MR) is 112 cm³/mol. The molecule has 0 unspecified atom stereocenters. The van der Waals surface area contributed by atoms with E-state index in [1.54, 1.807) is 35.2 Å². The first-order valence-electron chi connectivity index (χ1n) is 8.47. The molecule has 0 spiro atoms. The maximum absolute atomic E-state index is 13.2. The Morgan fingerprint density at radius 1 is 1.21 bits per heavy atom. The van der Waals surface area contributed by atoms with Crippen molar-refractivity contribution in [2.24, 2.45) is 0 Å². The Morgan fingerprint density at radius 2 is 1.86 bits per heavy atom. The quantitative estimate of drug-likeness (QED) is 0.570. The number of benzene rings is 2. The van der Waals surface area contributed by atoms with Crippen LogP contribution in [0.4, 0.5) is 15.8 Å². The smallest absolute Gasteiger partial charge is 0.256 e. The second-order valence-corrected chi connectivity index (χ2v) is 6.95. The van der Waals surface area contributed by atoms with E-state index in [0.29, 0.717) is 22.9 Å². The predicted octanol–water partition coefficient (Wildman–Crippen LogP) is 4.00. The third-order valence-electron chi connectivity index (χ3n) is 4.24. The van der Waals surface area contributed by atoms with E-state index in [-0.39, 0.29) is 23.3 Å². The molecule has 144 valence electrons. The fraction of sp³-hybridized carbons (Fsp3) is 0.150. The maximum Gasteiger partial charge on any atom is 0.256 e. The SMILES string of the molecule is C=CCN1C(=S)N(c2ccc(F)cc2)C(=O)[C@@H]1CC(=O)Nc1ccc(Cl)cc1. The van der Waals surface area contributed by atoms with Crippen LogP contribution in [0, 0.1) is 5.82 Å². The zero-order chi connectivity index (χ0) is 20.3. The van der Waals surface area contributed by atoms with E-state index in [2.05, 4.69) is 11.9 Å². The number of rotatable bonds is 6. The van der Waals surface area contributed by atoms with E-state index in [9.17, 15) is 14.0 Å². The maximum atomic E-state index is 13.2. The van der Waals surface area contributed by atoms with E-state index >= 15 is 0 Å². The van der Waals surface area contributed by atoms with Crippen molar-refractivity contribution in [3.05, 3.63) is 72.0 Å². The lowest BCUT2D eigenvalue weighted by Crippen LogP contribution is -2.37. The van der Waals surface area contributed by atoms with Gasteiger partial charge in [-0.2, -0.15) is 0 Å². The number of halogens is 2. The van der Waals surface area contributed by atoms with Crippen molar-refractivity contribution < 1.29 is 14.0 Å². The zero-order valence-corrected chi connectivity index (χ0v) is 16.3. The van der Waals surface area contributed by atoms with Gasteiger partial charge in [-0.25, -0.2) is 4.39 Å². The van der Waals surface area contributed by atoms with E-state index < -0.39 is 11.9 Å². The van der Waals surface area contributed by atoms with Crippen LogP contribution in [0.25, 0.3) is 0 Å². The normalized spacial score (nSPS) is 16.4. The Balaban J connectivity index is 1.79. The van der Waals surface area contributed by atoms with Crippen molar-refractivity contribution >= 4 is 52.1 Å². The van der Waals surface area contributed by atoms with Gasteiger partial charge in [0.05, 0.1) is 12.1 Å². The summed E-state index contributed by atoms with van der Waals surface area (Å²) in [5.74, 6) is -1.09. The van der Waals surface area contributed by atoms with Gasteiger partial charge in [0, 0.05) is 17.3 Å². The summed E-state index contributed by atoms with van der Waals surface area (Å²) in [7, 11) is 0. The molecule has 0 bridgehead atoms.